The molecule has 2 aromatic carbocycles. The first-order chi connectivity index (χ1) is 10.5. The number of nitrogens with zero attached hydrogens (tertiary/aromatic N) is 1. The molecule has 0 spiro atoms. The highest BCUT2D eigenvalue weighted by molar-refractivity contribution is 6.31. The molecule has 0 atom stereocenters. The number of benzene rings is 2. The fourth-order valence-corrected chi connectivity index (χ4v) is 2.23. The fourth-order valence-electron chi connectivity index (χ4n) is 2.05. The quantitative estimate of drug-likeness (QED) is 0.936. The number of hydrogen-bond acceptors (Lipinski definition) is 2. The normalized spacial score (nSPS) is 10.1. The Morgan fingerprint density at radius 2 is 1.82 bits per heavy atom. The third kappa shape index (κ3) is 4.09. The van der Waals surface area contributed by atoms with E-state index in [4.69, 9.17) is 11.6 Å². The van der Waals surface area contributed by atoms with Crippen molar-refractivity contribution in [3.05, 3.63) is 59.1 Å². The van der Waals surface area contributed by atoms with Gasteiger partial charge < -0.3 is 10.2 Å². The van der Waals surface area contributed by atoms with Crippen LogP contribution in [0, 0.1) is 6.92 Å². The van der Waals surface area contributed by atoms with Crippen LogP contribution in [-0.4, -0.2) is 18.4 Å². The number of amides is 2. The molecule has 2 rings (SSSR count). The molecule has 2 amide bonds. The maximum absolute atomic E-state index is 12.2. The van der Waals surface area contributed by atoms with E-state index in [9.17, 15) is 9.59 Å². The molecular weight excluding hydrogens is 300 g/mol. The molecule has 114 valence electrons. The van der Waals surface area contributed by atoms with Crippen molar-refractivity contribution in [2.24, 2.45) is 0 Å². The number of carbonyl (C=O) groups excluding carboxylic acids is 2. The van der Waals surface area contributed by atoms with Gasteiger partial charge in [-0.3, -0.25) is 9.59 Å². The summed E-state index contributed by atoms with van der Waals surface area (Å²) < 4.78 is 0. The Bertz CT molecular complexity index is 686. The van der Waals surface area contributed by atoms with E-state index in [-0.39, 0.29) is 18.4 Å². The van der Waals surface area contributed by atoms with Crippen LogP contribution < -0.4 is 10.2 Å². The van der Waals surface area contributed by atoms with Crippen molar-refractivity contribution in [2.45, 2.75) is 13.8 Å². The Labute approximate surface area is 134 Å². The molecule has 5 heteroatoms. The molecule has 0 fully saturated rings. The number of anilines is 2. The first-order valence-electron chi connectivity index (χ1n) is 6.86. The van der Waals surface area contributed by atoms with Gasteiger partial charge in [0.2, 0.25) is 11.8 Å². The standard InChI is InChI=1S/C17H17ClN2O2/c1-12-8-9-14(18)10-16(12)19-17(22)11-20(13(2)21)15-6-4-3-5-7-15/h3-10H,11H2,1-2H3,(H,19,22). The zero-order chi connectivity index (χ0) is 16.1. The van der Waals surface area contributed by atoms with Gasteiger partial charge in [-0.25, -0.2) is 0 Å². The van der Waals surface area contributed by atoms with Crippen LogP contribution >= 0.6 is 11.6 Å². The summed E-state index contributed by atoms with van der Waals surface area (Å²) >= 11 is 5.94. The van der Waals surface area contributed by atoms with E-state index in [0.717, 1.165) is 5.56 Å². The smallest absolute Gasteiger partial charge is 0.244 e. The molecule has 0 heterocycles. The molecule has 2 aromatic rings. The first kappa shape index (κ1) is 16.0. The molecule has 0 unspecified atom stereocenters. The summed E-state index contributed by atoms with van der Waals surface area (Å²) in [4.78, 5) is 25.4. The predicted molar refractivity (Wildman–Crippen MR) is 89.3 cm³/mol. The zero-order valence-corrected chi connectivity index (χ0v) is 13.2. The summed E-state index contributed by atoms with van der Waals surface area (Å²) in [5, 5.41) is 3.34. The Morgan fingerprint density at radius 3 is 2.45 bits per heavy atom. The van der Waals surface area contributed by atoms with Gasteiger partial charge in [0.15, 0.2) is 0 Å². The third-order valence-corrected chi connectivity index (χ3v) is 3.46. The summed E-state index contributed by atoms with van der Waals surface area (Å²) in [6.07, 6.45) is 0. The largest absolute Gasteiger partial charge is 0.324 e. The molecule has 0 aliphatic carbocycles. The monoisotopic (exact) mass is 316 g/mol. The highest BCUT2D eigenvalue weighted by Crippen LogP contribution is 2.20. The summed E-state index contributed by atoms with van der Waals surface area (Å²) in [6.45, 7) is 3.27. The van der Waals surface area contributed by atoms with Gasteiger partial charge in [-0.15, -0.1) is 0 Å². The summed E-state index contributed by atoms with van der Waals surface area (Å²) in [5.41, 5.74) is 2.24. The van der Waals surface area contributed by atoms with Crippen LogP contribution in [0.4, 0.5) is 11.4 Å². The average molecular weight is 317 g/mol. The molecule has 0 aliphatic rings. The number of rotatable bonds is 4. The minimum absolute atomic E-state index is 0.0503. The molecule has 0 saturated carbocycles. The van der Waals surface area contributed by atoms with E-state index >= 15 is 0 Å². The van der Waals surface area contributed by atoms with E-state index in [1.54, 1.807) is 24.3 Å². The van der Waals surface area contributed by atoms with E-state index < -0.39 is 0 Å². The average Bonchev–Trinajstić information content (AvgIpc) is 2.49. The van der Waals surface area contributed by atoms with Crippen LogP contribution in [0.1, 0.15) is 12.5 Å². The number of halogens is 1. The van der Waals surface area contributed by atoms with Gasteiger partial charge in [-0.2, -0.15) is 0 Å². The molecule has 0 aliphatic heterocycles. The van der Waals surface area contributed by atoms with Gasteiger partial charge in [0.05, 0.1) is 0 Å². The van der Waals surface area contributed by atoms with Crippen LogP contribution in [0.5, 0.6) is 0 Å². The maximum atomic E-state index is 12.2. The van der Waals surface area contributed by atoms with Crippen LogP contribution in [0.15, 0.2) is 48.5 Å². The highest BCUT2D eigenvalue weighted by atomic mass is 35.5. The van der Waals surface area contributed by atoms with Crippen LogP contribution in [0.2, 0.25) is 5.02 Å². The zero-order valence-electron chi connectivity index (χ0n) is 12.5. The van der Waals surface area contributed by atoms with Gasteiger partial charge in [0.1, 0.15) is 6.54 Å². The minimum atomic E-state index is -0.274. The predicted octanol–water partition coefficient (Wildman–Crippen LogP) is 3.64. The Hall–Kier alpha value is -2.33. The first-order valence-corrected chi connectivity index (χ1v) is 7.24. The highest BCUT2D eigenvalue weighted by Gasteiger charge is 2.16. The number of carbonyl (C=O) groups is 2. The van der Waals surface area contributed by atoms with Gasteiger partial charge in [0, 0.05) is 23.3 Å². The Morgan fingerprint density at radius 1 is 1.14 bits per heavy atom. The molecule has 1 N–H and O–H groups in total. The molecule has 0 radical (unpaired) electrons. The third-order valence-electron chi connectivity index (χ3n) is 3.22. The summed E-state index contributed by atoms with van der Waals surface area (Å²) in [5.74, 6) is -0.464. The Balaban J connectivity index is 2.12. The second kappa shape index (κ2) is 7.09. The second-order valence-corrected chi connectivity index (χ2v) is 5.38. The van der Waals surface area contributed by atoms with E-state index in [1.807, 2.05) is 31.2 Å². The van der Waals surface area contributed by atoms with Crippen molar-refractivity contribution in [1.29, 1.82) is 0 Å². The summed E-state index contributed by atoms with van der Waals surface area (Å²) in [7, 11) is 0. The number of para-hydroxylation sites is 1. The van der Waals surface area contributed by atoms with Gasteiger partial charge in [0.25, 0.3) is 0 Å². The van der Waals surface area contributed by atoms with Crippen molar-refractivity contribution >= 4 is 34.8 Å². The van der Waals surface area contributed by atoms with Crippen LogP contribution in [0.3, 0.4) is 0 Å². The van der Waals surface area contributed by atoms with Crippen molar-refractivity contribution in [3.63, 3.8) is 0 Å². The van der Waals surface area contributed by atoms with Crippen molar-refractivity contribution in [2.75, 3.05) is 16.8 Å². The van der Waals surface area contributed by atoms with Crippen molar-refractivity contribution in [1.82, 2.24) is 0 Å². The summed E-state index contributed by atoms with van der Waals surface area (Å²) in [6, 6.07) is 14.4. The van der Waals surface area contributed by atoms with Gasteiger partial charge in [-0.05, 0) is 36.8 Å². The molecule has 0 bridgehead atoms. The lowest BCUT2D eigenvalue weighted by molar-refractivity contribution is -0.120. The molecule has 0 aromatic heterocycles. The number of aryl methyl sites for hydroxylation is 1. The van der Waals surface area contributed by atoms with Crippen LogP contribution in [0.25, 0.3) is 0 Å². The number of nitrogens with one attached hydrogen (secondary N) is 1. The fraction of sp³-hybridized carbons (Fsp3) is 0.176. The maximum Gasteiger partial charge on any atom is 0.244 e. The number of hydrogen-bond donors (Lipinski definition) is 1. The Kier molecular flexibility index (Phi) is 5.17. The minimum Gasteiger partial charge on any atom is -0.324 e. The lowest BCUT2D eigenvalue weighted by Gasteiger charge is -2.21. The molecule has 4 nitrogen and oxygen atoms in total. The van der Waals surface area contributed by atoms with Gasteiger partial charge in [-0.1, -0.05) is 35.9 Å². The lowest BCUT2D eigenvalue weighted by Crippen LogP contribution is -2.36. The SMILES string of the molecule is CC(=O)N(CC(=O)Nc1cc(Cl)ccc1C)c1ccccc1. The molecule has 0 saturated heterocycles. The molecular formula is C17H17ClN2O2. The lowest BCUT2D eigenvalue weighted by atomic mass is 10.2. The second-order valence-electron chi connectivity index (χ2n) is 4.95. The topological polar surface area (TPSA) is 49.4 Å². The van der Waals surface area contributed by atoms with Gasteiger partial charge >= 0.3 is 0 Å². The van der Waals surface area contributed by atoms with Crippen molar-refractivity contribution < 1.29 is 9.59 Å². The van der Waals surface area contributed by atoms with E-state index in [1.165, 1.54) is 11.8 Å². The van der Waals surface area contributed by atoms with Crippen LogP contribution in [-0.2, 0) is 9.59 Å². The van der Waals surface area contributed by atoms with E-state index in [0.29, 0.717) is 16.4 Å². The van der Waals surface area contributed by atoms with E-state index in [2.05, 4.69) is 5.32 Å². The molecule has 22 heavy (non-hydrogen) atoms. The van der Waals surface area contributed by atoms with Crippen molar-refractivity contribution in [3.8, 4) is 0 Å².